The number of rotatable bonds is 11. The van der Waals surface area contributed by atoms with Gasteiger partial charge in [-0.3, -0.25) is 4.79 Å². The molecule has 3 N–H and O–H groups in total. The summed E-state index contributed by atoms with van der Waals surface area (Å²) in [5, 5.41) is 16.5. The van der Waals surface area contributed by atoms with E-state index < -0.39 is 17.6 Å². The quantitative estimate of drug-likeness (QED) is 0.152. The van der Waals surface area contributed by atoms with Gasteiger partial charge in [0.1, 0.15) is 5.75 Å². The summed E-state index contributed by atoms with van der Waals surface area (Å²) in [6.07, 6.45) is -0.586. The van der Waals surface area contributed by atoms with E-state index in [9.17, 15) is 4.79 Å². The van der Waals surface area contributed by atoms with E-state index in [1.807, 2.05) is 0 Å². The third kappa shape index (κ3) is 5.37. The highest BCUT2D eigenvalue weighted by Gasteiger charge is 2.53. The van der Waals surface area contributed by atoms with Crippen molar-refractivity contribution < 1.29 is 19.4 Å². The lowest BCUT2D eigenvalue weighted by molar-refractivity contribution is -0.125. The molecule has 0 unspecified atom stereocenters. The summed E-state index contributed by atoms with van der Waals surface area (Å²) < 4.78 is 11.9. The fourth-order valence-electron chi connectivity index (χ4n) is 4.23. The third-order valence-electron chi connectivity index (χ3n) is 6.04. The Kier molecular flexibility index (Phi) is 8.10. The van der Waals surface area contributed by atoms with Gasteiger partial charge >= 0.3 is 0 Å². The van der Waals surface area contributed by atoms with E-state index in [4.69, 9.17) is 36.4 Å². The number of carbonyl (C=O) groups excluding carboxylic acids is 1. The van der Waals surface area contributed by atoms with E-state index in [0.717, 1.165) is 0 Å². The predicted octanol–water partition coefficient (Wildman–Crippen LogP) is 5.32. The number of benzene rings is 3. The molecule has 4 rings (SSSR count). The Labute approximate surface area is 217 Å². The molecule has 192 valence electrons. The summed E-state index contributed by atoms with van der Waals surface area (Å²) in [4.78, 5) is 23.7. The molecule has 0 aliphatic carbocycles. The van der Waals surface area contributed by atoms with Crippen LogP contribution in [0, 0.1) is 0 Å². The highest BCUT2D eigenvalue weighted by molar-refractivity contribution is 6.01. The number of ether oxygens (including phenoxy) is 2. The van der Waals surface area contributed by atoms with Crippen molar-refractivity contribution in [2.75, 3.05) is 13.2 Å². The molecular weight excluding hydrogens is 488 g/mol. The smallest absolute Gasteiger partial charge is 0.250 e. The number of nitrogens with zero attached hydrogens (tertiary/aromatic N) is 7. The van der Waals surface area contributed by atoms with Gasteiger partial charge in [0.15, 0.2) is 11.6 Å². The van der Waals surface area contributed by atoms with E-state index in [1.54, 1.807) is 72.8 Å². The van der Waals surface area contributed by atoms with Gasteiger partial charge in [0.05, 0.1) is 6.61 Å². The normalized spacial score (nSPS) is 17.9. The first kappa shape index (κ1) is 26.1. The molecule has 1 heterocycles. The largest absolute Gasteiger partial charge is 0.494 e. The van der Waals surface area contributed by atoms with Crippen LogP contribution in [0.25, 0.3) is 20.9 Å². The molecule has 0 aromatic heterocycles. The first-order valence-electron chi connectivity index (χ1n) is 11.7. The second-order valence-corrected chi connectivity index (χ2v) is 8.40. The van der Waals surface area contributed by atoms with Gasteiger partial charge in [-0.2, -0.15) is 0 Å². The molecule has 3 aromatic carbocycles. The molecule has 0 radical (unpaired) electrons. The molecule has 0 saturated heterocycles. The van der Waals surface area contributed by atoms with E-state index in [0.29, 0.717) is 41.2 Å². The van der Waals surface area contributed by atoms with E-state index in [1.165, 1.54) is 0 Å². The molecular formula is C26H24N8O4. The Balaban J connectivity index is 1.82. The minimum atomic E-state index is -1.66. The summed E-state index contributed by atoms with van der Waals surface area (Å²) in [7, 11) is 0. The number of amides is 1. The van der Waals surface area contributed by atoms with Crippen LogP contribution < -0.4 is 10.5 Å². The Morgan fingerprint density at radius 1 is 1.03 bits per heavy atom. The van der Waals surface area contributed by atoms with Crippen LogP contribution in [-0.4, -0.2) is 35.7 Å². The van der Waals surface area contributed by atoms with E-state index in [2.05, 4.69) is 20.1 Å². The minimum Gasteiger partial charge on any atom is -0.494 e. The maximum Gasteiger partial charge on any atom is 0.250 e. The van der Waals surface area contributed by atoms with Crippen molar-refractivity contribution in [1.29, 1.82) is 0 Å². The monoisotopic (exact) mass is 512 g/mol. The molecule has 1 aliphatic heterocycles. The minimum absolute atomic E-state index is 0.0272. The molecule has 12 nitrogen and oxygen atoms in total. The van der Waals surface area contributed by atoms with Crippen molar-refractivity contribution in [3.05, 3.63) is 110 Å². The Bertz CT molecular complexity index is 1450. The number of hydrogen-bond acceptors (Lipinski definition) is 7. The number of aliphatic hydroxyl groups is 1. The SMILES string of the molecule is [N-]=[N+]=Nc1ccccc1C[C@@]1(C(N)=O)N=C(c2ccc(OCCCO)cc2)O[C@@H]1c1ccccc1N=[N+]=[N-]. The topological polar surface area (TPSA) is 192 Å². The number of hydrogen-bond donors (Lipinski definition) is 2. The van der Waals surface area contributed by atoms with Crippen LogP contribution in [0.3, 0.4) is 0 Å². The molecule has 0 spiro atoms. The summed E-state index contributed by atoms with van der Waals surface area (Å²) in [6, 6.07) is 20.4. The lowest BCUT2D eigenvalue weighted by Crippen LogP contribution is -2.47. The number of azide groups is 2. The molecule has 38 heavy (non-hydrogen) atoms. The van der Waals surface area contributed by atoms with Gasteiger partial charge in [-0.05, 0) is 40.9 Å². The third-order valence-corrected chi connectivity index (χ3v) is 6.04. The highest BCUT2D eigenvalue weighted by atomic mass is 16.5. The fraction of sp³-hybridized carbons (Fsp3) is 0.231. The lowest BCUT2D eigenvalue weighted by atomic mass is 9.81. The van der Waals surface area contributed by atoms with Crippen molar-refractivity contribution in [3.8, 4) is 5.75 Å². The Morgan fingerprint density at radius 2 is 1.68 bits per heavy atom. The zero-order valence-electron chi connectivity index (χ0n) is 20.2. The van der Waals surface area contributed by atoms with Crippen LogP contribution in [0.2, 0.25) is 0 Å². The van der Waals surface area contributed by atoms with Gasteiger partial charge in [0, 0.05) is 51.8 Å². The number of carbonyl (C=O) groups is 1. The second-order valence-electron chi connectivity index (χ2n) is 8.40. The summed E-state index contributed by atoms with van der Waals surface area (Å²) in [5.74, 6) is -0.0174. The van der Waals surface area contributed by atoms with Crippen LogP contribution in [0.4, 0.5) is 11.4 Å². The number of primary amides is 1. The van der Waals surface area contributed by atoms with Gasteiger partial charge in [-0.15, -0.1) is 0 Å². The summed E-state index contributed by atoms with van der Waals surface area (Å²) in [5.41, 5.74) is 24.6. The number of aliphatic imine (C=N–C) groups is 1. The molecule has 3 aromatic rings. The van der Waals surface area contributed by atoms with Crippen LogP contribution in [0.5, 0.6) is 5.75 Å². The van der Waals surface area contributed by atoms with Gasteiger partial charge in [0.25, 0.3) is 0 Å². The van der Waals surface area contributed by atoms with Crippen molar-refractivity contribution in [2.24, 2.45) is 21.0 Å². The lowest BCUT2D eigenvalue weighted by Gasteiger charge is -2.30. The second kappa shape index (κ2) is 11.8. The van der Waals surface area contributed by atoms with Gasteiger partial charge in [0.2, 0.25) is 11.8 Å². The fourth-order valence-corrected chi connectivity index (χ4v) is 4.23. The summed E-state index contributed by atoms with van der Waals surface area (Å²) >= 11 is 0. The van der Waals surface area contributed by atoms with Gasteiger partial charge in [-0.1, -0.05) is 58.8 Å². The average molecular weight is 513 g/mol. The summed E-state index contributed by atoms with van der Waals surface area (Å²) in [6.45, 7) is 0.389. The molecule has 0 bridgehead atoms. The molecule has 12 heteroatoms. The van der Waals surface area contributed by atoms with Crippen LogP contribution in [0.15, 0.2) is 88.0 Å². The maximum absolute atomic E-state index is 13.2. The number of nitrogens with two attached hydrogens (primary N) is 1. The van der Waals surface area contributed by atoms with E-state index >= 15 is 0 Å². The predicted molar refractivity (Wildman–Crippen MR) is 140 cm³/mol. The van der Waals surface area contributed by atoms with Crippen LogP contribution >= 0.6 is 0 Å². The average Bonchev–Trinajstić information content (AvgIpc) is 3.31. The maximum atomic E-state index is 13.2. The standard InChI is InChI=1S/C26H24N8O4/c27-25(36)26(16-18-6-1-3-8-21(18)31-33-28)23(20-7-2-4-9-22(20)32-34-29)38-24(30-26)17-10-12-19(13-11-17)37-15-5-14-35/h1-4,6-13,23,35H,5,14-16H2,(H2,27,36)/t23-,26-/m1/s1. The molecule has 1 amide bonds. The zero-order valence-corrected chi connectivity index (χ0v) is 20.2. The highest BCUT2D eigenvalue weighted by Crippen LogP contribution is 2.45. The van der Waals surface area contributed by atoms with Crippen molar-refractivity contribution in [3.63, 3.8) is 0 Å². The molecule has 0 fully saturated rings. The van der Waals surface area contributed by atoms with Crippen molar-refractivity contribution in [2.45, 2.75) is 24.5 Å². The number of aliphatic hydroxyl groups excluding tert-OH is 1. The molecule has 1 aliphatic rings. The molecule has 2 atom stereocenters. The first-order valence-corrected chi connectivity index (χ1v) is 11.7. The first-order chi connectivity index (χ1) is 18.5. The molecule has 0 saturated carbocycles. The van der Waals surface area contributed by atoms with Crippen LogP contribution in [0.1, 0.15) is 29.2 Å². The Hall–Kier alpha value is -5.02. The van der Waals surface area contributed by atoms with Crippen molar-refractivity contribution >= 4 is 23.2 Å². The van der Waals surface area contributed by atoms with Gasteiger partial charge < -0.3 is 20.3 Å². The van der Waals surface area contributed by atoms with Crippen molar-refractivity contribution in [1.82, 2.24) is 0 Å². The van der Waals surface area contributed by atoms with E-state index in [-0.39, 0.29) is 24.6 Å². The van der Waals surface area contributed by atoms with Gasteiger partial charge in [-0.25, -0.2) is 4.99 Å². The van der Waals surface area contributed by atoms with Crippen LogP contribution in [-0.2, 0) is 16.0 Å². The zero-order chi connectivity index (χ0) is 27.0. The Morgan fingerprint density at radius 3 is 2.37 bits per heavy atom.